The molecule has 1 aromatic heterocycles. The number of nitrogens with one attached hydrogen (secondary N) is 1. The SMILES string of the molecule is CCOC(=O)c1sc(NC(=O)C2CC(=O)N(c3ccccc3OC)C2)c(C#N)c1C. The van der Waals surface area contributed by atoms with Crippen molar-refractivity contribution in [3.05, 3.63) is 40.3 Å². The van der Waals surface area contributed by atoms with Gasteiger partial charge in [0, 0.05) is 13.0 Å². The first-order valence-electron chi connectivity index (χ1n) is 9.36. The quantitative estimate of drug-likeness (QED) is 0.710. The van der Waals surface area contributed by atoms with Crippen LogP contribution in [-0.2, 0) is 14.3 Å². The van der Waals surface area contributed by atoms with Crippen LogP contribution in [0.3, 0.4) is 0 Å². The standard InChI is InChI=1S/C21H21N3O5S/c1-4-29-21(27)18-12(2)14(10-22)20(30-18)23-19(26)13-9-17(25)24(11-13)15-7-5-6-8-16(15)28-3/h5-8,13H,4,9,11H2,1-3H3,(H,23,26). The Kier molecular flexibility index (Phi) is 6.37. The maximum atomic E-state index is 12.8. The van der Waals surface area contributed by atoms with Crippen LogP contribution in [0.15, 0.2) is 24.3 Å². The van der Waals surface area contributed by atoms with Crippen LogP contribution < -0.4 is 15.0 Å². The zero-order valence-corrected chi connectivity index (χ0v) is 17.7. The van der Waals surface area contributed by atoms with Crippen molar-refractivity contribution in [1.82, 2.24) is 0 Å². The highest BCUT2D eigenvalue weighted by Crippen LogP contribution is 2.36. The number of anilines is 2. The van der Waals surface area contributed by atoms with Crippen molar-refractivity contribution >= 4 is 39.8 Å². The van der Waals surface area contributed by atoms with Crippen LogP contribution in [0.2, 0.25) is 0 Å². The molecule has 0 saturated carbocycles. The number of benzene rings is 1. The molecule has 1 aromatic carbocycles. The number of para-hydroxylation sites is 2. The van der Waals surface area contributed by atoms with E-state index in [0.29, 0.717) is 17.0 Å². The smallest absolute Gasteiger partial charge is 0.348 e. The van der Waals surface area contributed by atoms with Gasteiger partial charge in [0.05, 0.1) is 30.9 Å². The van der Waals surface area contributed by atoms with Crippen molar-refractivity contribution in [3.63, 3.8) is 0 Å². The molecule has 3 rings (SSSR count). The number of ether oxygens (including phenoxy) is 2. The van der Waals surface area contributed by atoms with E-state index in [-0.39, 0.29) is 46.8 Å². The minimum Gasteiger partial charge on any atom is -0.495 e. The molecule has 2 amide bonds. The Bertz CT molecular complexity index is 1040. The van der Waals surface area contributed by atoms with Crippen molar-refractivity contribution in [2.24, 2.45) is 5.92 Å². The van der Waals surface area contributed by atoms with E-state index in [1.165, 1.54) is 12.0 Å². The van der Waals surface area contributed by atoms with Gasteiger partial charge >= 0.3 is 5.97 Å². The molecule has 9 heteroatoms. The van der Waals surface area contributed by atoms with Gasteiger partial charge in [0.15, 0.2) is 0 Å². The highest BCUT2D eigenvalue weighted by molar-refractivity contribution is 7.18. The summed E-state index contributed by atoms with van der Waals surface area (Å²) in [4.78, 5) is 39.3. The van der Waals surface area contributed by atoms with E-state index in [1.807, 2.05) is 6.07 Å². The molecule has 0 aliphatic carbocycles. The summed E-state index contributed by atoms with van der Waals surface area (Å²) in [5.74, 6) is -1.15. The molecule has 2 aromatic rings. The average Bonchev–Trinajstić information content (AvgIpc) is 3.27. The number of nitriles is 1. The average molecular weight is 427 g/mol. The van der Waals surface area contributed by atoms with Gasteiger partial charge in [-0.05, 0) is 31.5 Å². The van der Waals surface area contributed by atoms with Gasteiger partial charge in [0.2, 0.25) is 11.8 Å². The molecular weight excluding hydrogens is 406 g/mol. The van der Waals surface area contributed by atoms with Crippen LogP contribution in [0.25, 0.3) is 0 Å². The van der Waals surface area contributed by atoms with Gasteiger partial charge in [0.25, 0.3) is 0 Å². The van der Waals surface area contributed by atoms with Gasteiger partial charge in [-0.15, -0.1) is 11.3 Å². The molecule has 1 aliphatic heterocycles. The molecule has 0 spiro atoms. The van der Waals surface area contributed by atoms with Gasteiger partial charge in [-0.2, -0.15) is 5.26 Å². The maximum Gasteiger partial charge on any atom is 0.348 e. The molecule has 1 N–H and O–H groups in total. The minimum absolute atomic E-state index is 0.0425. The summed E-state index contributed by atoms with van der Waals surface area (Å²) in [6.07, 6.45) is 0.0425. The van der Waals surface area contributed by atoms with Crippen LogP contribution in [0.5, 0.6) is 5.75 Å². The van der Waals surface area contributed by atoms with Crippen molar-refractivity contribution in [1.29, 1.82) is 5.26 Å². The number of hydrogen-bond donors (Lipinski definition) is 1. The number of hydrogen-bond acceptors (Lipinski definition) is 7. The zero-order chi connectivity index (χ0) is 21.8. The fourth-order valence-electron chi connectivity index (χ4n) is 3.31. The summed E-state index contributed by atoms with van der Waals surface area (Å²) < 4.78 is 10.3. The normalized spacial score (nSPS) is 15.6. The summed E-state index contributed by atoms with van der Waals surface area (Å²) in [5.41, 5.74) is 1.30. The molecule has 156 valence electrons. The topological polar surface area (TPSA) is 109 Å². The molecule has 1 atom stereocenters. The molecule has 1 aliphatic rings. The fourth-order valence-corrected chi connectivity index (χ4v) is 4.36. The summed E-state index contributed by atoms with van der Waals surface area (Å²) in [5, 5.41) is 12.5. The number of amides is 2. The van der Waals surface area contributed by atoms with E-state index in [9.17, 15) is 19.6 Å². The summed E-state index contributed by atoms with van der Waals surface area (Å²) in [6.45, 7) is 3.74. The van der Waals surface area contributed by atoms with Gasteiger partial charge in [-0.1, -0.05) is 12.1 Å². The predicted molar refractivity (Wildman–Crippen MR) is 112 cm³/mol. The Balaban J connectivity index is 1.79. The number of methoxy groups -OCH3 is 1. The number of rotatable bonds is 6. The van der Waals surface area contributed by atoms with E-state index in [4.69, 9.17) is 9.47 Å². The van der Waals surface area contributed by atoms with Gasteiger partial charge < -0.3 is 19.7 Å². The van der Waals surface area contributed by atoms with Crippen molar-refractivity contribution in [2.75, 3.05) is 30.5 Å². The Hall–Kier alpha value is -3.38. The first-order valence-corrected chi connectivity index (χ1v) is 10.2. The van der Waals surface area contributed by atoms with E-state index in [2.05, 4.69) is 5.32 Å². The summed E-state index contributed by atoms with van der Waals surface area (Å²) in [6, 6.07) is 9.14. The van der Waals surface area contributed by atoms with Crippen LogP contribution in [0.1, 0.15) is 34.1 Å². The van der Waals surface area contributed by atoms with E-state index < -0.39 is 11.9 Å². The van der Waals surface area contributed by atoms with Gasteiger partial charge in [-0.25, -0.2) is 4.79 Å². The Morgan fingerprint density at radius 3 is 2.77 bits per heavy atom. The monoisotopic (exact) mass is 427 g/mol. The predicted octanol–water partition coefficient (Wildman–Crippen LogP) is 3.11. The lowest BCUT2D eigenvalue weighted by Crippen LogP contribution is -2.28. The second kappa shape index (κ2) is 8.97. The van der Waals surface area contributed by atoms with E-state index >= 15 is 0 Å². The number of thiophene rings is 1. The Labute approximate surface area is 178 Å². The molecule has 1 unspecified atom stereocenters. The summed E-state index contributed by atoms with van der Waals surface area (Å²) >= 11 is 1.00. The number of carbonyl (C=O) groups is 3. The van der Waals surface area contributed by atoms with Crippen LogP contribution in [0, 0.1) is 24.2 Å². The highest BCUT2D eigenvalue weighted by Gasteiger charge is 2.37. The second-order valence-electron chi connectivity index (χ2n) is 6.66. The number of carbonyl (C=O) groups excluding carboxylic acids is 3. The Morgan fingerprint density at radius 1 is 1.37 bits per heavy atom. The Morgan fingerprint density at radius 2 is 2.10 bits per heavy atom. The summed E-state index contributed by atoms with van der Waals surface area (Å²) in [7, 11) is 1.52. The fraction of sp³-hybridized carbons (Fsp3) is 0.333. The molecule has 1 saturated heterocycles. The minimum atomic E-state index is -0.595. The van der Waals surface area contributed by atoms with Crippen LogP contribution in [-0.4, -0.2) is 38.0 Å². The maximum absolute atomic E-state index is 12.8. The van der Waals surface area contributed by atoms with Gasteiger partial charge in [-0.3, -0.25) is 9.59 Å². The largest absolute Gasteiger partial charge is 0.495 e. The molecule has 30 heavy (non-hydrogen) atoms. The van der Waals surface area contributed by atoms with Crippen molar-refractivity contribution in [2.45, 2.75) is 20.3 Å². The van der Waals surface area contributed by atoms with E-state index in [0.717, 1.165) is 11.3 Å². The highest BCUT2D eigenvalue weighted by atomic mass is 32.1. The first-order chi connectivity index (χ1) is 14.4. The lowest BCUT2D eigenvalue weighted by molar-refractivity contribution is -0.122. The molecule has 0 radical (unpaired) electrons. The second-order valence-corrected chi connectivity index (χ2v) is 7.68. The number of esters is 1. The third kappa shape index (κ3) is 4.00. The lowest BCUT2D eigenvalue weighted by Gasteiger charge is -2.19. The van der Waals surface area contributed by atoms with Crippen LogP contribution in [0.4, 0.5) is 10.7 Å². The zero-order valence-electron chi connectivity index (χ0n) is 16.9. The molecular formula is C21H21N3O5S. The molecule has 2 heterocycles. The third-order valence-corrected chi connectivity index (χ3v) is 6.02. The molecule has 8 nitrogen and oxygen atoms in total. The number of nitrogens with zero attached hydrogens (tertiary/aromatic N) is 2. The van der Waals surface area contributed by atoms with Crippen molar-refractivity contribution in [3.8, 4) is 11.8 Å². The molecule has 0 bridgehead atoms. The molecule has 1 fully saturated rings. The lowest BCUT2D eigenvalue weighted by atomic mass is 10.1. The third-order valence-electron chi connectivity index (χ3n) is 4.83. The van der Waals surface area contributed by atoms with E-state index in [1.54, 1.807) is 38.1 Å². The first kappa shape index (κ1) is 21.3. The van der Waals surface area contributed by atoms with Crippen molar-refractivity contribution < 1.29 is 23.9 Å². The van der Waals surface area contributed by atoms with Gasteiger partial charge in [0.1, 0.15) is 21.7 Å². The van der Waals surface area contributed by atoms with Crippen LogP contribution >= 0.6 is 11.3 Å².